The molecule has 4 aromatic rings. The van der Waals surface area contributed by atoms with Gasteiger partial charge in [-0.2, -0.15) is 0 Å². The van der Waals surface area contributed by atoms with Crippen molar-refractivity contribution in [3.05, 3.63) is 73.1 Å². The molecule has 0 bridgehead atoms. The Balaban J connectivity index is 1.58. The minimum atomic E-state index is -0.334. The number of rotatable bonds is 8. The highest BCUT2D eigenvalue weighted by atomic mass is 32.1. The summed E-state index contributed by atoms with van der Waals surface area (Å²) in [5.74, 6) is -0.431. The minimum Gasteiger partial charge on any atom is -0.322 e. The van der Waals surface area contributed by atoms with Crippen molar-refractivity contribution < 1.29 is 9.59 Å². The van der Waals surface area contributed by atoms with E-state index in [1.807, 2.05) is 57.2 Å². The average molecular weight is 522 g/mol. The molecular formula is C25H27N7O2S2. The topological polar surface area (TPSA) is 150 Å². The Hall–Kier alpha value is -3.38. The Kier molecular flexibility index (Phi) is 7.65. The van der Waals surface area contributed by atoms with Crippen LogP contribution in [0.4, 0.5) is 5.69 Å². The lowest BCUT2D eigenvalue weighted by atomic mass is 9.91. The first kappa shape index (κ1) is 25.7. The van der Waals surface area contributed by atoms with E-state index < -0.39 is 0 Å². The highest BCUT2D eigenvalue weighted by molar-refractivity contribution is 7.13. The fraction of sp³-hybridized carbons (Fsp3) is 0.280. The van der Waals surface area contributed by atoms with Gasteiger partial charge >= 0.3 is 0 Å². The maximum Gasteiger partial charge on any atom is 0.286 e. The number of nitrogens with one attached hydrogen (secondary N) is 1. The van der Waals surface area contributed by atoms with E-state index in [1.54, 1.807) is 6.92 Å². The molecule has 0 radical (unpaired) electrons. The molecule has 0 aliphatic heterocycles. The van der Waals surface area contributed by atoms with Gasteiger partial charge in [-0.25, -0.2) is 0 Å². The second-order valence-electron chi connectivity index (χ2n) is 8.59. The Labute approximate surface area is 217 Å². The number of amides is 1. The molecule has 9 nitrogen and oxygen atoms in total. The average Bonchev–Trinajstić information content (AvgIpc) is 3.53. The summed E-state index contributed by atoms with van der Waals surface area (Å²) in [7, 11) is 0. The smallest absolute Gasteiger partial charge is 0.286 e. The molecule has 11 heteroatoms. The maximum atomic E-state index is 12.9. The van der Waals surface area contributed by atoms with Gasteiger partial charge in [-0.3, -0.25) is 9.59 Å². The van der Waals surface area contributed by atoms with Gasteiger partial charge in [-0.15, -0.1) is 20.4 Å². The van der Waals surface area contributed by atoms with Crippen LogP contribution in [-0.2, 0) is 6.42 Å². The maximum absolute atomic E-state index is 12.9. The summed E-state index contributed by atoms with van der Waals surface area (Å²) in [4.78, 5) is 25.6. The Morgan fingerprint density at radius 1 is 0.833 bits per heavy atom. The second-order valence-corrected chi connectivity index (χ2v) is 10.6. The molecule has 0 aliphatic carbocycles. The lowest BCUT2D eigenvalue weighted by molar-refractivity contribution is 0.0989. The summed E-state index contributed by atoms with van der Waals surface area (Å²) in [6.07, 6.45) is 0.210. The molecule has 0 aliphatic rings. The second kappa shape index (κ2) is 10.7. The molecule has 2 aromatic heterocycles. The number of nitrogens with two attached hydrogens (primary N) is 2. The molecule has 4 rings (SSSR count). The van der Waals surface area contributed by atoms with E-state index >= 15 is 0 Å². The standard InChI is InChI=1S/C25H27N7O2S2/c1-12-16(11-20(33)24-31-29-22(35-24)14(3)26)7-5-8-17(12)18-9-6-10-19(13(18)2)28-21(34)25-32-30-23(36-25)15(4)27/h5-10,14-15H,11,26-27H2,1-4H3,(H,28,34)/t14-,15-/m0/s1. The molecule has 186 valence electrons. The highest BCUT2D eigenvalue weighted by Gasteiger charge is 2.19. The minimum absolute atomic E-state index is 0.0967. The van der Waals surface area contributed by atoms with Gasteiger partial charge in [-0.1, -0.05) is 53.0 Å². The fourth-order valence-electron chi connectivity index (χ4n) is 3.70. The van der Waals surface area contributed by atoms with Gasteiger partial charge in [0.2, 0.25) is 5.01 Å². The third-order valence-electron chi connectivity index (χ3n) is 5.76. The molecule has 2 atom stereocenters. The summed E-state index contributed by atoms with van der Waals surface area (Å²) >= 11 is 2.41. The number of aromatic nitrogens is 4. The molecule has 2 aromatic carbocycles. The number of nitrogens with zero attached hydrogens (tertiary/aromatic N) is 4. The molecular weight excluding hydrogens is 494 g/mol. The van der Waals surface area contributed by atoms with Gasteiger partial charge in [0.15, 0.2) is 10.8 Å². The van der Waals surface area contributed by atoms with Crippen LogP contribution in [0.1, 0.15) is 72.2 Å². The summed E-state index contributed by atoms with van der Waals surface area (Å²) < 4.78 is 0. The van der Waals surface area contributed by atoms with E-state index in [0.29, 0.717) is 20.7 Å². The van der Waals surface area contributed by atoms with Crippen LogP contribution in [0.25, 0.3) is 11.1 Å². The molecule has 1 amide bonds. The number of hydrogen-bond donors (Lipinski definition) is 3. The van der Waals surface area contributed by atoms with Gasteiger partial charge in [0, 0.05) is 12.1 Å². The van der Waals surface area contributed by atoms with Crippen LogP contribution in [-0.4, -0.2) is 32.1 Å². The Morgan fingerprint density at radius 3 is 2.00 bits per heavy atom. The number of carbonyl (C=O) groups is 2. The number of anilines is 1. The first-order valence-corrected chi connectivity index (χ1v) is 13.0. The third-order valence-corrected chi connectivity index (χ3v) is 8.05. The van der Waals surface area contributed by atoms with Gasteiger partial charge in [0.1, 0.15) is 10.0 Å². The van der Waals surface area contributed by atoms with Gasteiger partial charge in [0.05, 0.1) is 12.1 Å². The van der Waals surface area contributed by atoms with Crippen LogP contribution < -0.4 is 16.8 Å². The van der Waals surface area contributed by atoms with Crippen LogP contribution in [0.15, 0.2) is 36.4 Å². The molecule has 0 fully saturated rings. The van der Waals surface area contributed by atoms with Crippen molar-refractivity contribution >= 4 is 40.1 Å². The van der Waals surface area contributed by atoms with E-state index in [0.717, 1.165) is 27.8 Å². The van der Waals surface area contributed by atoms with Crippen LogP contribution in [0.3, 0.4) is 0 Å². The number of hydrogen-bond acceptors (Lipinski definition) is 10. The fourth-order valence-corrected chi connectivity index (χ4v) is 5.12. The van der Waals surface area contributed by atoms with Crippen LogP contribution in [0, 0.1) is 13.8 Å². The molecule has 2 heterocycles. The lowest BCUT2D eigenvalue weighted by Crippen LogP contribution is -2.13. The predicted octanol–water partition coefficient (Wildman–Crippen LogP) is 4.39. The van der Waals surface area contributed by atoms with Gasteiger partial charge < -0.3 is 16.8 Å². The highest BCUT2D eigenvalue weighted by Crippen LogP contribution is 2.33. The number of benzene rings is 2. The first-order valence-electron chi connectivity index (χ1n) is 11.4. The van der Waals surface area contributed by atoms with Crippen LogP contribution >= 0.6 is 22.7 Å². The summed E-state index contributed by atoms with van der Waals surface area (Å²) in [5.41, 5.74) is 17.1. The zero-order valence-electron chi connectivity index (χ0n) is 20.4. The molecule has 0 spiro atoms. The zero-order valence-corrected chi connectivity index (χ0v) is 22.0. The Morgan fingerprint density at radius 2 is 1.39 bits per heavy atom. The summed E-state index contributed by atoms with van der Waals surface area (Å²) in [5, 5.41) is 20.8. The van der Waals surface area contributed by atoms with Crippen LogP contribution in [0.2, 0.25) is 0 Å². The van der Waals surface area contributed by atoms with Crippen molar-refractivity contribution in [2.75, 3.05) is 5.32 Å². The van der Waals surface area contributed by atoms with E-state index in [4.69, 9.17) is 11.5 Å². The van der Waals surface area contributed by atoms with Crippen molar-refractivity contribution in [2.24, 2.45) is 11.5 Å². The van der Waals surface area contributed by atoms with Crippen molar-refractivity contribution in [3.8, 4) is 11.1 Å². The lowest BCUT2D eigenvalue weighted by Gasteiger charge is -2.16. The van der Waals surface area contributed by atoms with E-state index in [1.165, 1.54) is 22.7 Å². The van der Waals surface area contributed by atoms with E-state index in [9.17, 15) is 9.59 Å². The molecule has 36 heavy (non-hydrogen) atoms. The normalized spacial score (nSPS) is 12.8. The van der Waals surface area contributed by atoms with Crippen molar-refractivity contribution in [2.45, 2.75) is 46.2 Å². The number of Topliss-reactive ketones (excluding diaryl/α,β-unsaturated/α-hetero) is 1. The zero-order chi connectivity index (χ0) is 26.0. The van der Waals surface area contributed by atoms with Gasteiger partial charge in [0.25, 0.3) is 5.91 Å². The van der Waals surface area contributed by atoms with E-state index in [-0.39, 0.29) is 35.2 Å². The van der Waals surface area contributed by atoms with Crippen molar-refractivity contribution in [1.82, 2.24) is 20.4 Å². The van der Waals surface area contributed by atoms with Gasteiger partial charge in [-0.05, 0) is 61.6 Å². The number of ketones is 1. The largest absolute Gasteiger partial charge is 0.322 e. The van der Waals surface area contributed by atoms with E-state index in [2.05, 4.69) is 25.7 Å². The third kappa shape index (κ3) is 5.39. The quantitative estimate of drug-likeness (QED) is 0.289. The first-order chi connectivity index (χ1) is 17.2. The van der Waals surface area contributed by atoms with Crippen molar-refractivity contribution in [3.63, 3.8) is 0 Å². The number of carbonyl (C=O) groups excluding carboxylic acids is 2. The molecule has 0 saturated carbocycles. The molecule has 0 saturated heterocycles. The summed E-state index contributed by atoms with van der Waals surface area (Å²) in [6, 6.07) is 11.1. The monoisotopic (exact) mass is 521 g/mol. The SMILES string of the molecule is Cc1c(CC(=O)c2nnc([C@H](C)N)s2)cccc1-c1cccc(NC(=O)c2nnc([C@H](C)N)s2)c1C. The molecule has 0 unspecified atom stereocenters. The van der Waals surface area contributed by atoms with Crippen molar-refractivity contribution in [1.29, 1.82) is 0 Å². The predicted molar refractivity (Wildman–Crippen MR) is 142 cm³/mol. The molecule has 5 N–H and O–H groups in total. The summed E-state index contributed by atoms with van der Waals surface area (Å²) in [6.45, 7) is 7.55. The van der Waals surface area contributed by atoms with Crippen LogP contribution in [0.5, 0.6) is 0 Å². The Bertz CT molecular complexity index is 1320.